The lowest BCUT2D eigenvalue weighted by Gasteiger charge is -2.11. The molecule has 4 nitrogen and oxygen atoms in total. The molecule has 1 heterocycles. The summed E-state index contributed by atoms with van der Waals surface area (Å²) in [4.78, 5) is 11.9. The van der Waals surface area contributed by atoms with Crippen LogP contribution in [0.25, 0.3) is 0 Å². The molecule has 0 unspecified atom stereocenters. The molecule has 1 amide bonds. The SMILES string of the molecule is CCOc1ccc(NC(=O)CSc2cccs2)cc1CO. The van der Waals surface area contributed by atoms with Gasteiger partial charge in [-0.25, -0.2) is 0 Å². The number of rotatable bonds is 7. The van der Waals surface area contributed by atoms with Gasteiger partial charge in [0.1, 0.15) is 5.75 Å². The van der Waals surface area contributed by atoms with Gasteiger partial charge in [-0.05, 0) is 36.6 Å². The number of anilines is 1. The number of nitrogens with one attached hydrogen (secondary N) is 1. The smallest absolute Gasteiger partial charge is 0.234 e. The summed E-state index contributed by atoms with van der Waals surface area (Å²) in [5.41, 5.74) is 1.33. The van der Waals surface area contributed by atoms with E-state index in [4.69, 9.17) is 4.74 Å². The summed E-state index contributed by atoms with van der Waals surface area (Å²) in [7, 11) is 0. The van der Waals surface area contributed by atoms with Crippen molar-refractivity contribution in [1.29, 1.82) is 0 Å². The fraction of sp³-hybridized carbons (Fsp3) is 0.267. The number of hydrogen-bond donors (Lipinski definition) is 2. The van der Waals surface area contributed by atoms with Crippen molar-refractivity contribution in [1.82, 2.24) is 0 Å². The Hall–Kier alpha value is -1.50. The van der Waals surface area contributed by atoms with Gasteiger partial charge < -0.3 is 15.2 Å². The Morgan fingerprint density at radius 2 is 2.29 bits per heavy atom. The molecule has 0 saturated carbocycles. The molecule has 21 heavy (non-hydrogen) atoms. The first-order valence-electron chi connectivity index (χ1n) is 6.55. The molecule has 6 heteroatoms. The van der Waals surface area contributed by atoms with Crippen LogP contribution in [0.4, 0.5) is 5.69 Å². The van der Waals surface area contributed by atoms with E-state index in [1.165, 1.54) is 11.8 Å². The van der Waals surface area contributed by atoms with Crippen molar-refractivity contribution >= 4 is 34.7 Å². The van der Waals surface area contributed by atoms with Crippen molar-refractivity contribution in [2.24, 2.45) is 0 Å². The van der Waals surface area contributed by atoms with E-state index in [2.05, 4.69) is 5.32 Å². The second-order valence-electron chi connectivity index (χ2n) is 4.18. The standard InChI is InChI=1S/C15H17NO3S2/c1-2-19-13-6-5-12(8-11(13)9-17)16-14(18)10-21-15-4-3-7-20-15/h3-8,17H,2,9-10H2,1H3,(H,16,18). The van der Waals surface area contributed by atoms with Crippen molar-refractivity contribution in [2.75, 3.05) is 17.7 Å². The van der Waals surface area contributed by atoms with E-state index in [-0.39, 0.29) is 12.5 Å². The molecule has 0 aliphatic carbocycles. The van der Waals surface area contributed by atoms with Crippen LogP contribution in [-0.2, 0) is 11.4 Å². The highest BCUT2D eigenvalue weighted by molar-refractivity contribution is 8.01. The average Bonchev–Trinajstić information content (AvgIpc) is 3.00. The van der Waals surface area contributed by atoms with Gasteiger partial charge in [0.15, 0.2) is 0 Å². The summed E-state index contributed by atoms with van der Waals surface area (Å²) < 4.78 is 6.53. The fourth-order valence-corrected chi connectivity index (χ4v) is 3.34. The molecular formula is C15H17NO3S2. The van der Waals surface area contributed by atoms with E-state index in [1.54, 1.807) is 29.5 Å². The number of amides is 1. The lowest BCUT2D eigenvalue weighted by atomic mass is 10.2. The van der Waals surface area contributed by atoms with Crippen molar-refractivity contribution in [2.45, 2.75) is 17.7 Å². The minimum atomic E-state index is -0.122. The fourth-order valence-electron chi connectivity index (χ4n) is 1.76. The number of hydrogen-bond acceptors (Lipinski definition) is 5. The van der Waals surface area contributed by atoms with Gasteiger partial charge in [-0.2, -0.15) is 0 Å². The average molecular weight is 323 g/mol. The molecule has 2 N–H and O–H groups in total. The van der Waals surface area contributed by atoms with Gasteiger partial charge in [-0.3, -0.25) is 4.79 Å². The summed E-state index contributed by atoms with van der Waals surface area (Å²) in [5.74, 6) is 0.940. The molecule has 0 aliphatic heterocycles. The summed E-state index contributed by atoms with van der Waals surface area (Å²) >= 11 is 3.13. The lowest BCUT2D eigenvalue weighted by molar-refractivity contribution is -0.113. The summed E-state index contributed by atoms with van der Waals surface area (Å²) in [6.45, 7) is 2.30. The minimum Gasteiger partial charge on any atom is -0.494 e. The van der Waals surface area contributed by atoms with Crippen LogP contribution in [-0.4, -0.2) is 23.4 Å². The van der Waals surface area contributed by atoms with Crippen molar-refractivity contribution in [3.63, 3.8) is 0 Å². The molecule has 0 spiro atoms. The Labute approximate surface area is 132 Å². The zero-order valence-electron chi connectivity index (χ0n) is 11.7. The predicted octanol–water partition coefficient (Wildman–Crippen LogP) is 3.37. The maximum absolute atomic E-state index is 11.9. The Morgan fingerprint density at radius 3 is 2.95 bits per heavy atom. The first-order chi connectivity index (χ1) is 10.2. The zero-order chi connectivity index (χ0) is 15.1. The van der Waals surface area contributed by atoms with Crippen LogP contribution in [0.2, 0.25) is 0 Å². The highest BCUT2D eigenvalue weighted by atomic mass is 32.2. The van der Waals surface area contributed by atoms with E-state index in [0.29, 0.717) is 29.4 Å². The second kappa shape index (κ2) is 8.07. The van der Waals surface area contributed by atoms with Crippen molar-refractivity contribution in [3.8, 4) is 5.75 Å². The quantitative estimate of drug-likeness (QED) is 0.767. The lowest BCUT2D eigenvalue weighted by Crippen LogP contribution is -2.14. The number of carbonyl (C=O) groups excluding carboxylic acids is 1. The van der Waals surface area contributed by atoms with E-state index in [1.807, 2.05) is 24.4 Å². The van der Waals surface area contributed by atoms with Crippen LogP contribution in [0.1, 0.15) is 12.5 Å². The molecule has 2 aromatic rings. The Kier molecular flexibility index (Phi) is 6.10. The normalized spacial score (nSPS) is 10.4. The summed E-state index contributed by atoms with van der Waals surface area (Å²) in [6.07, 6.45) is 0. The maximum Gasteiger partial charge on any atom is 0.234 e. The zero-order valence-corrected chi connectivity index (χ0v) is 13.3. The topological polar surface area (TPSA) is 58.6 Å². The number of aliphatic hydroxyl groups excluding tert-OH is 1. The molecule has 1 aromatic carbocycles. The minimum absolute atomic E-state index is 0.0681. The number of ether oxygens (including phenoxy) is 1. The number of thiophene rings is 1. The third-order valence-electron chi connectivity index (χ3n) is 2.66. The molecule has 0 radical (unpaired) electrons. The number of carbonyl (C=O) groups is 1. The summed E-state index contributed by atoms with van der Waals surface area (Å²) in [5, 5.41) is 14.1. The van der Waals surface area contributed by atoms with Crippen molar-refractivity contribution in [3.05, 3.63) is 41.3 Å². The maximum atomic E-state index is 11.9. The van der Waals surface area contributed by atoms with E-state index >= 15 is 0 Å². The third kappa shape index (κ3) is 4.77. The largest absolute Gasteiger partial charge is 0.494 e. The van der Waals surface area contributed by atoms with Crippen LogP contribution in [0.5, 0.6) is 5.75 Å². The Balaban J connectivity index is 1.93. The number of thioether (sulfide) groups is 1. The van der Waals surface area contributed by atoms with Crippen LogP contribution in [0.15, 0.2) is 39.9 Å². The van der Waals surface area contributed by atoms with Gasteiger partial charge in [0.25, 0.3) is 0 Å². The predicted molar refractivity (Wildman–Crippen MR) is 87.2 cm³/mol. The van der Waals surface area contributed by atoms with Gasteiger partial charge in [0, 0.05) is 11.3 Å². The van der Waals surface area contributed by atoms with Gasteiger partial charge in [0.05, 0.1) is 23.2 Å². The highest BCUT2D eigenvalue weighted by Crippen LogP contribution is 2.25. The Bertz CT molecular complexity index is 585. The molecule has 0 atom stereocenters. The van der Waals surface area contributed by atoms with Gasteiger partial charge in [0.2, 0.25) is 5.91 Å². The molecule has 0 aliphatic rings. The van der Waals surface area contributed by atoms with Gasteiger partial charge in [-0.1, -0.05) is 6.07 Å². The molecule has 0 bridgehead atoms. The van der Waals surface area contributed by atoms with Crippen LogP contribution >= 0.6 is 23.1 Å². The second-order valence-corrected chi connectivity index (χ2v) is 6.41. The molecule has 2 rings (SSSR count). The first-order valence-corrected chi connectivity index (χ1v) is 8.42. The molecule has 0 fully saturated rings. The van der Waals surface area contributed by atoms with Crippen LogP contribution in [0, 0.1) is 0 Å². The summed E-state index contributed by atoms with van der Waals surface area (Å²) in [6, 6.07) is 9.22. The Morgan fingerprint density at radius 1 is 1.43 bits per heavy atom. The van der Waals surface area contributed by atoms with Crippen molar-refractivity contribution < 1.29 is 14.6 Å². The number of aliphatic hydroxyl groups is 1. The monoisotopic (exact) mass is 323 g/mol. The molecule has 1 aromatic heterocycles. The molecule has 112 valence electrons. The number of benzene rings is 1. The van der Waals surface area contributed by atoms with Crippen LogP contribution < -0.4 is 10.1 Å². The molecular weight excluding hydrogens is 306 g/mol. The van der Waals surface area contributed by atoms with Gasteiger partial charge >= 0.3 is 0 Å². The van der Waals surface area contributed by atoms with E-state index in [0.717, 1.165) is 4.21 Å². The van der Waals surface area contributed by atoms with Crippen LogP contribution in [0.3, 0.4) is 0 Å². The van der Waals surface area contributed by atoms with Gasteiger partial charge in [-0.15, -0.1) is 23.1 Å². The van der Waals surface area contributed by atoms with E-state index < -0.39 is 0 Å². The van der Waals surface area contributed by atoms with E-state index in [9.17, 15) is 9.90 Å². The first kappa shape index (κ1) is 15.9. The molecule has 0 saturated heterocycles. The third-order valence-corrected chi connectivity index (χ3v) is 4.79. The highest BCUT2D eigenvalue weighted by Gasteiger charge is 2.08.